The summed E-state index contributed by atoms with van der Waals surface area (Å²) in [5.74, 6) is -2.22. The number of aliphatic carboxylic acids is 1. The Labute approximate surface area is 69.6 Å². The van der Waals surface area contributed by atoms with Crippen LogP contribution < -0.4 is 0 Å². The van der Waals surface area contributed by atoms with Crippen molar-refractivity contribution in [1.29, 1.82) is 5.26 Å². The lowest BCUT2D eigenvalue weighted by atomic mass is 10.0. The molecule has 0 amide bonds. The lowest BCUT2D eigenvalue weighted by Crippen LogP contribution is -2.40. The molecule has 0 aliphatic rings. The molecule has 1 unspecified atom stereocenters. The van der Waals surface area contributed by atoms with Crippen molar-refractivity contribution in [3.05, 3.63) is 0 Å². The highest BCUT2D eigenvalue weighted by Gasteiger charge is 2.40. The third kappa shape index (κ3) is 1.95. The normalized spacial score (nSPS) is 14.1. The van der Waals surface area contributed by atoms with Gasteiger partial charge in [-0.2, -0.15) is 5.26 Å². The van der Waals surface area contributed by atoms with Crippen LogP contribution in [0.1, 0.15) is 20.3 Å². The van der Waals surface area contributed by atoms with E-state index >= 15 is 0 Å². The van der Waals surface area contributed by atoms with Gasteiger partial charge in [-0.15, -0.1) is 0 Å². The maximum Gasteiger partial charge on any atom is 0.363 e. The molecule has 0 heterocycles. The third-order valence-electron chi connectivity index (χ3n) is 1.34. The Balaban J connectivity index is 4.74. The van der Waals surface area contributed by atoms with Crippen molar-refractivity contribution < 1.29 is 19.4 Å². The number of nitriles is 1. The first-order valence-electron chi connectivity index (χ1n) is 3.32. The molecule has 0 fully saturated rings. The average Bonchev–Trinajstić information content (AvgIpc) is 1.99. The summed E-state index contributed by atoms with van der Waals surface area (Å²) in [5, 5.41) is 17.1. The predicted molar refractivity (Wildman–Crippen MR) is 38.0 cm³/mol. The Morgan fingerprint density at radius 2 is 2.17 bits per heavy atom. The number of carboxylic acid groups (broad SMARTS) is 1. The topological polar surface area (TPSA) is 87.4 Å². The molecule has 0 radical (unpaired) electrons. The summed E-state index contributed by atoms with van der Waals surface area (Å²) in [4.78, 5) is 21.0. The van der Waals surface area contributed by atoms with Gasteiger partial charge in [0.25, 0.3) is 5.60 Å². The maximum atomic E-state index is 10.5. The molecular formula is C7H9NO4. The van der Waals surface area contributed by atoms with Crippen molar-refractivity contribution in [2.75, 3.05) is 0 Å². The molecule has 0 aliphatic heterocycles. The van der Waals surface area contributed by atoms with E-state index in [1.54, 1.807) is 0 Å². The van der Waals surface area contributed by atoms with Gasteiger partial charge in [0.1, 0.15) is 6.07 Å². The van der Waals surface area contributed by atoms with Crippen molar-refractivity contribution in [2.24, 2.45) is 0 Å². The number of hydrogen-bond donors (Lipinski definition) is 1. The van der Waals surface area contributed by atoms with Gasteiger partial charge >= 0.3 is 11.9 Å². The number of ether oxygens (including phenoxy) is 1. The summed E-state index contributed by atoms with van der Waals surface area (Å²) in [6.07, 6.45) is -0.0710. The fourth-order valence-corrected chi connectivity index (χ4v) is 0.662. The zero-order chi connectivity index (χ0) is 9.78. The van der Waals surface area contributed by atoms with E-state index in [4.69, 9.17) is 10.4 Å². The second-order valence-corrected chi connectivity index (χ2v) is 2.19. The minimum atomic E-state index is -2.02. The molecule has 0 bridgehead atoms. The molecule has 5 heteroatoms. The molecular weight excluding hydrogens is 162 g/mol. The SMILES string of the molecule is CCC(C#N)(OC(C)=O)C(=O)O. The first-order chi connectivity index (χ1) is 5.48. The monoisotopic (exact) mass is 171 g/mol. The van der Waals surface area contributed by atoms with Crippen LogP contribution in [0, 0.1) is 11.3 Å². The molecule has 1 atom stereocenters. The highest BCUT2D eigenvalue weighted by atomic mass is 16.6. The Morgan fingerprint density at radius 1 is 1.67 bits per heavy atom. The Kier molecular flexibility index (Phi) is 3.23. The van der Waals surface area contributed by atoms with Crippen molar-refractivity contribution >= 4 is 11.9 Å². The standard InChI is InChI=1S/C7H9NO4/c1-3-7(4-8,6(10)11)12-5(2)9/h3H2,1-2H3,(H,10,11). The number of hydrogen-bond acceptors (Lipinski definition) is 4. The predicted octanol–water partition coefficient (Wildman–Crippen LogP) is 0.306. The van der Waals surface area contributed by atoms with Crippen LogP contribution in [0.5, 0.6) is 0 Å². The van der Waals surface area contributed by atoms with Crippen LogP contribution in [-0.2, 0) is 14.3 Å². The van der Waals surface area contributed by atoms with Crippen molar-refractivity contribution in [1.82, 2.24) is 0 Å². The second kappa shape index (κ2) is 3.72. The quantitative estimate of drug-likeness (QED) is 0.617. The van der Waals surface area contributed by atoms with Crippen LogP contribution >= 0.6 is 0 Å². The number of carbonyl (C=O) groups is 2. The summed E-state index contributed by atoms with van der Waals surface area (Å²) in [6.45, 7) is 2.52. The third-order valence-corrected chi connectivity index (χ3v) is 1.34. The van der Waals surface area contributed by atoms with Crippen LogP contribution in [0.25, 0.3) is 0 Å². The molecule has 5 nitrogen and oxygen atoms in total. The fourth-order valence-electron chi connectivity index (χ4n) is 0.662. The van der Waals surface area contributed by atoms with E-state index in [-0.39, 0.29) is 6.42 Å². The summed E-state index contributed by atoms with van der Waals surface area (Å²) in [7, 11) is 0. The molecule has 12 heavy (non-hydrogen) atoms. The smallest absolute Gasteiger partial charge is 0.363 e. The van der Waals surface area contributed by atoms with Gasteiger partial charge in [-0.05, 0) is 0 Å². The van der Waals surface area contributed by atoms with Gasteiger partial charge in [0.15, 0.2) is 0 Å². The van der Waals surface area contributed by atoms with Crippen LogP contribution in [-0.4, -0.2) is 22.6 Å². The van der Waals surface area contributed by atoms with E-state index in [1.165, 1.54) is 13.0 Å². The zero-order valence-corrected chi connectivity index (χ0v) is 6.83. The molecule has 0 aromatic rings. The summed E-state index contributed by atoms with van der Waals surface area (Å²) in [5.41, 5.74) is -2.02. The Morgan fingerprint density at radius 3 is 2.25 bits per heavy atom. The fraction of sp³-hybridized carbons (Fsp3) is 0.571. The van der Waals surface area contributed by atoms with E-state index in [9.17, 15) is 9.59 Å². The highest BCUT2D eigenvalue weighted by Crippen LogP contribution is 2.15. The Bertz CT molecular complexity index is 242. The summed E-state index contributed by atoms with van der Waals surface area (Å²) >= 11 is 0. The van der Waals surface area contributed by atoms with Gasteiger partial charge in [0.2, 0.25) is 0 Å². The van der Waals surface area contributed by atoms with Gasteiger partial charge in [-0.1, -0.05) is 6.92 Å². The van der Waals surface area contributed by atoms with E-state index in [1.807, 2.05) is 0 Å². The summed E-state index contributed by atoms with van der Waals surface area (Å²) < 4.78 is 4.40. The Hall–Kier alpha value is -1.57. The molecule has 0 rings (SSSR count). The van der Waals surface area contributed by atoms with Crippen molar-refractivity contribution in [2.45, 2.75) is 25.9 Å². The van der Waals surface area contributed by atoms with Crippen molar-refractivity contribution in [3.63, 3.8) is 0 Å². The molecule has 0 aromatic heterocycles. The number of carbonyl (C=O) groups excluding carboxylic acids is 1. The zero-order valence-electron chi connectivity index (χ0n) is 6.83. The van der Waals surface area contributed by atoms with Crippen LogP contribution in [0.3, 0.4) is 0 Å². The highest BCUT2D eigenvalue weighted by molar-refractivity contribution is 5.84. The number of esters is 1. The molecule has 0 aliphatic carbocycles. The molecule has 66 valence electrons. The first kappa shape index (κ1) is 10.4. The molecule has 0 aromatic carbocycles. The van der Waals surface area contributed by atoms with E-state index in [0.717, 1.165) is 6.92 Å². The average molecular weight is 171 g/mol. The van der Waals surface area contributed by atoms with Gasteiger partial charge in [-0.25, -0.2) is 4.79 Å². The van der Waals surface area contributed by atoms with Gasteiger partial charge in [-0.3, -0.25) is 4.79 Å². The van der Waals surface area contributed by atoms with Gasteiger partial charge in [0.05, 0.1) is 0 Å². The lowest BCUT2D eigenvalue weighted by molar-refractivity contribution is -0.170. The minimum Gasteiger partial charge on any atom is -0.477 e. The number of nitrogens with zero attached hydrogens (tertiary/aromatic N) is 1. The number of rotatable bonds is 3. The van der Waals surface area contributed by atoms with Gasteiger partial charge < -0.3 is 9.84 Å². The van der Waals surface area contributed by atoms with E-state index in [2.05, 4.69) is 4.74 Å². The molecule has 0 saturated heterocycles. The number of carboxylic acids is 1. The molecule has 1 N–H and O–H groups in total. The van der Waals surface area contributed by atoms with Crippen LogP contribution in [0.4, 0.5) is 0 Å². The van der Waals surface area contributed by atoms with E-state index < -0.39 is 17.5 Å². The lowest BCUT2D eigenvalue weighted by Gasteiger charge is -2.18. The van der Waals surface area contributed by atoms with Crippen LogP contribution in [0.2, 0.25) is 0 Å². The van der Waals surface area contributed by atoms with Crippen LogP contribution in [0.15, 0.2) is 0 Å². The summed E-state index contributed by atoms with van der Waals surface area (Å²) in [6, 6.07) is 1.45. The largest absolute Gasteiger partial charge is 0.477 e. The second-order valence-electron chi connectivity index (χ2n) is 2.19. The minimum absolute atomic E-state index is 0.0710. The van der Waals surface area contributed by atoms with E-state index in [0.29, 0.717) is 0 Å². The molecule has 0 saturated carbocycles. The maximum absolute atomic E-state index is 10.5. The van der Waals surface area contributed by atoms with Crippen molar-refractivity contribution in [3.8, 4) is 6.07 Å². The molecule has 0 spiro atoms. The van der Waals surface area contributed by atoms with Gasteiger partial charge in [0, 0.05) is 13.3 Å². The first-order valence-corrected chi connectivity index (χ1v) is 3.32.